The SMILES string of the molecule is CC(C)(C)c1ccc(CNCC2COCCO2)s1. The van der Waals surface area contributed by atoms with Crippen molar-refractivity contribution in [3.63, 3.8) is 0 Å². The molecule has 1 atom stereocenters. The van der Waals surface area contributed by atoms with Crippen molar-refractivity contribution in [1.29, 1.82) is 0 Å². The third kappa shape index (κ3) is 4.05. The molecule has 0 aromatic carbocycles. The van der Waals surface area contributed by atoms with Crippen LogP contribution in [0.15, 0.2) is 12.1 Å². The zero-order valence-corrected chi connectivity index (χ0v) is 12.3. The Bertz CT molecular complexity index is 364. The Kier molecular flexibility index (Phi) is 4.78. The number of hydrogen-bond acceptors (Lipinski definition) is 4. The Morgan fingerprint density at radius 2 is 2.17 bits per heavy atom. The minimum Gasteiger partial charge on any atom is -0.376 e. The first-order valence-electron chi connectivity index (χ1n) is 6.55. The largest absolute Gasteiger partial charge is 0.376 e. The van der Waals surface area contributed by atoms with E-state index in [-0.39, 0.29) is 11.5 Å². The normalized spacial score (nSPS) is 21.2. The lowest BCUT2D eigenvalue weighted by atomic mass is 9.95. The maximum Gasteiger partial charge on any atom is 0.0933 e. The molecule has 0 aliphatic carbocycles. The highest BCUT2D eigenvalue weighted by molar-refractivity contribution is 7.12. The highest BCUT2D eigenvalue weighted by Crippen LogP contribution is 2.29. The van der Waals surface area contributed by atoms with Gasteiger partial charge < -0.3 is 14.8 Å². The number of rotatable bonds is 4. The molecular weight excluding hydrogens is 246 g/mol. The van der Waals surface area contributed by atoms with E-state index in [1.165, 1.54) is 9.75 Å². The number of ether oxygens (including phenoxy) is 2. The molecular formula is C14H23NO2S. The Morgan fingerprint density at radius 1 is 1.33 bits per heavy atom. The molecule has 0 bridgehead atoms. The van der Waals surface area contributed by atoms with Crippen LogP contribution < -0.4 is 5.32 Å². The lowest BCUT2D eigenvalue weighted by Crippen LogP contribution is -2.37. The second kappa shape index (κ2) is 6.15. The zero-order valence-electron chi connectivity index (χ0n) is 11.5. The molecule has 0 amide bonds. The summed E-state index contributed by atoms with van der Waals surface area (Å²) in [6, 6.07) is 4.46. The van der Waals surface area contributed by atoms with Crippen LogP contribution in [0.25, 0.3) is 0 Å². The van der Waals surface area contributed by atoms with Gasteiger partial charge in [0, 0.05) is 22.8 Å². The van der Waals surface area contributed by atoms with Crippen LogP contribution in [0, 0.1) is 0 Å². The molecule has 1 fully saturated rings. The molecule has 2 rings (SSSR count). The van der Waals surface area contributed by atoms with Crippen LogP contribution in [0.5, 0.6) is 0 Å². The second-order valence-electron chi connectivity index (χ2n) is 5.71. The molecule has 102 valence electrons. The maximum absolute atomic E-state index is 5.59. The van der Waals surface area contributed by atoms with Crippen LogP contribution >= 0.6 is 11.3 Å². The van der Waals surface area contributed by atoms with Gasteiger partial charge in [-0.25, -0.2) is 0 Å². The van der Waals surface area contributed by atoms with Gasteiger partial charge in [0.1, 0.15) is 0 Å². The van der Waals surface area contributed by atoms with E-state index in [0.717, 1.165) is 26.3 Å². The van der Waals surface area contributed by atoms with Crippen LogP contribution in [0.4, 0.5) is 0 Å². The summed E-state index contributed by atoms with van der Waals surface area (Å²) in [5.41, 5.74) is 0.253. The van der Waals surface area contributed by atoms with E-state index < -0.39 is 0 Å². The van der Waals surface area contributed by atoms with Gasteiger partial charge in [-0.05, 0) is 17.5 Å². The average Bonchev–Trinajstić information content (AvgIpc) is 2.79. The maximum atomic E-state index is 5.59. The molecule has 3 nitrogen and oxygen atoms in total. The Hall–Kier alpha value is -0.420. The van der Waals surface area contributed by atoms with Gasteiger partial charge in [0.2, 0.25) is 0 Å². The molecule has 0 saturated carbocycles. The van der Waals surface area contributed by atoms with Crippen LogP contribution in [0.3, 0.4) is 0 Å². The van der Waals surface area contributed by atoms with Gasteiger partial charge in [-0.3, -0.25) is 0 Å². The van der Waals surface area contributed by atoms with Crippen LogP contribution in [-0.4, -0.2) is 32.5 Å². The van der Waals surface area contributed by atoms with Crippen molar-refractivity contribution in [2.24, 2.45) is 0 Å². The summed E-state index contributed by atoms with van der Waals surface area (Å²) in [5.74, 6) is 0. The summed E-state index contributed by atoms with van der Waals surface area (Å²) in [5, 5.41) is 3.44. The van der Waals surface area contributed by atoms with Crippen LogP contribution in [-0.2, 0) is 21.4 Å². The van der Waals surface area contributed by atoms with E-state index in [9.17, 15) is 0 Å². The van der Waals surface area contributed by atoms with Gasteiger partial charge in [-0.15, -0.1) is 11.3 Å². The molecule has 0 spiro atoms. The minimum atomic E-state index is 0.209. The number of thiophene rings is 1. The highest BCUT2D eigenvalue weighted by atomic mass is 32.1. The van der Waals surface area contributed by atoms with E-state index in [0.29, 0.717) is 6.61 Å². The van der Waals surface area contributed by atoms with Crippen molar-refractivity contribution in [3.8, 4) is 0 Å². The van der Waals surface area contributed by atoms with Crippen molar-refractivity contribution in [1.82, 2.24) is 5.32 Å². The topological polar surface area (TPSA) is 30.5 Å². The van der Waals surface area contributed by atoms with Crippen molar-refractivity contribution < 1.29 is 9.47 Å². The van der Waals surface area contributed by atoms with Gasteiger partial charge in [0.15, 0.2) is 0 Å². The average molecular weight is 269 g/mol. The molecule has 2 heterocycles. The summed E-state index contributed by atoms with van der Waals surface area (Å²) in [6.45, 7) is 10.7. The Balaban J connectivity index is 1.74. The number of nitrogens with one attached hydrogen (secondary N) is 1. The fraction of sp³-hybridized carbons (Fsp3) is 0.714. The van der Waals surface area contributed by atoms with Crippen molar-refractivity contribution in [2.45, 2.75) is 38.8 Å². The first-order valence-corrected chi connectivity index (χ1v) is 7.36. The fourth-order valence-electron chi connectivity index (χ4n) is 1.89. The summed E-state index contributed by atoms with van der Waals surface area (Å²) >= 11 is 1.89. The molecule has 4 heteroatoms. The Labute approximate surface area is 113 Å². The van der Waals surface area contributed by atoms with E-state index in [2.05, 4.69) is 38.2 Å². The third-order valence-electron chi connectivity index (χ3n) is 2.96. The molecule has 18 heavy (non-hydrogen) atoms. The van der Waals surface area contributed by atoms with E-state index in [1.54, 1.807) is 0 Å². The third-order valence-corrected chi connectivity index (χ3v) is 4.47. The van der Waals surface area contributed by atoms with Crippen molar-refractivity contribution in [3.05, 3.63) is 21.9 Å². The highest BCUT2D eigenvalue weighted by Gasteiger charge is 2.16. The predicted octanol–water partition coefficient (Wildman–Crippen LogP) is 2.55. The minimum absolute atomic E-state index is 0.209. The Morgan fingerprint density at radius 3 is 2.78 bits per heavy atom. The van der Waals surface area contributed by atoms with Gasteiger partial charge in [0.25, 0.3) is 0 Å². The monoisotopic (exact) mass is 269 g/mol. The molecule has 1 saturated heterocycles. The second-order valence-corrected chi connectivity index (χ2v) is 6.88. The molecule has 1 aromatic heterocycles. The zero-order chi connectivity index (χ0) is 13.0. The standard InChI is InChI=1S/C14H23NO2S/c1-14(2,3)13-5-4-12(18-13)9-15-8-11-10-16-6-7-17-11/h4-5,11,15H,6-10H2,1-3H3. The van der Waals surface area contributed by atoms with Gasteiger partial charge >= 0.3 is 0 Å². The first-order chi connectivity index (χ1) is 8.55. The van der Waals surface area contributed by atoms with E-state index in [4.69, 9.17) is 9.47 Å². The summed E-state index contributed by atoms with van der Waals surface area (Å²) in [4.78, 5) is 2.83. The van der Waals surface area contributed by atoms with Gasteiger partial charge in [0.05, 0.1) is 25.9 Å². The lowest BCUT2D eigenvalue weighted by molar-refractivity contribution is -0.0864. The fourth-order valence-corrected chi connectivity index (χ4v) is 2.92. The molecule has 1 aromatic rings. The van der Waals surface area contributed by atoms with Crippen LogP contribution in [0.2, 0.25) is 0 Å². The molecule has 1 aliphatic rings. The molecule has 1 unspecified atom stereocenters. The van der Waals surface area contributed by atoms with Crippen molar-refractivity contribution in [2.75, 3.05) is 26.4 Å². The first kappa shape index (κ1) is 14.0. The smallest absolute Gasteiger partial charge is 0.0933 e. The summed E-state index contributed by atoms with van der Waals surface area (Å²) in [6.07, 6.45) is 0.209. The summed E-state index contributed by atoms with van der Waals surface area (Å²) in [7, 11) is 0. The molecule has 1 aliphatic heterocycles. The van der Waals surface area contributed by atoms with E-state index in [1.807, 2.05) is 11.3 Å². The summed E-state index contributed by atoms with van der Waals surface area (Å²) < 4.78 is 11.0. The molecule has 0 radical (unpaired) electrons. The molecule has 1 N–H and O–H groups in total. The van der Waals surface area contributed by atoms with Crippen molar-refractivity contribution >= 4 is 11.3 Å². The quantitative estimate of drug-likeness (QED) is 0.911. The van der Waals surface area contributed by atoms with Crippen LogP contribution in [0.1, 0.15) is 30.5 Å². The van der Waals surface area contributed by atoms with Gasteiger partial charge in [-0.1, -0.05) is 20.8 Å². The van der Waals surface area contributed by atoms with Gasteiger partial charge in [-0.2, -0.15) is 0 Å². The lowest BCUT2D eigenvalue weighted by Gasteiger charge is -2.23. The van der Waals surface area contributed by atoms with E-state index >= 15 is 0 Å². The number of hydrogen-bond donors (Lipinski definition) is 1. The predicted molar refractivity (Wildman–Crippen MR) is 75.3 cm³/mol.